The van der Waals surface area contributed by atoms with Crippen molar-refractivity contribution in [3.8, 4) is 34.3 Å². The van der Waals surface area contributed by atoms with Crippen LogP contribution in [0.25, 0.3) is 11.1 Å². The van der Waals surface area contributed by atoms with E-state index in [4.69, 9.17) is 18.9 Å². The zero-order valence-electron chi connectivity index (χ0n) is 12.0. The van der Waals surface area contributed by atoms with Gasteiger partial charge in [0.1, 0.15) is 5.75 Å². The van der Waals surface area contributed by atoms with Crippen molar-refractivity contribution in [1.29, 1.82) is 0 Å². The maximum atomic E-state index is 5.44. The summed E-state index contributed by atoms with van der Waals surface area (Å²) >= 11 is 0. The second-order valence-corrected chi connectivity index (χ2v) is 4.00. The molecule has 5 nitrogen and oxygen atoms in total. The van der Waals surface area contributed by atoms with E-state index in [0.29, 0.717) is 23.1 Å². The summed E-state index contributed by atoms with van der Waals surface area (Å²) in [5, 5.41) is 0. The van der Waals surface area contributed by atoms with Crippen LogP contribution in [-0.4, -0.2) is 33.4 Å². The van der Waals surface area contributed by atoms with Gasteiger partial charge in [0.25, 0.3) is 0 Å². The average molecular weight is 275 g/mol. The first-order chi connectivity index (χ1) is 9.73. The fourth-order valence-corrected chi connectivity index (χ4v) is 1.93. The third-order valence-electron chi connectivity index (χ3n) is 2.94. The number of hydrogen-bond acceptors (Lipinski definition) is 5. The van der Waals surface area contributed by atoms with Crippen LogP contribution in [0.4, 0.5) is 0 Å². The van der Waals surface area contributed by atoms with Crippen LogP contribution < -0.4 is 18.9 Å². The number of pyridine rings is 1. The van der Waals surface area contributed by atoms with Gasteiger partial charge in [-0.25, -0.2) is 4.98 Å². The van der Waals surface area contributed by atoms with Crippen molar-refractivity contribution in [2.24, 2.45) is 0 Å². The van der Waals surface area contributed by atoms with Crippen molar-refractivity contribution >= 4 is 0 Å². The number of aromatic nitrogens is 1. The number of hydrogen-bond donors (Lipinski definition) is 0. The molecule has 0 aliphatic rings. The molecule has 2 rings (SSSR count). The normalized spacial score (nSPS) is 10.0. The molecular weight excluding hydrogens is 258 g/mol. The van der Waals surface area contributed by atoms with Crippen molar-refractivity contribution in [3.05, 3.63) is 30.5 Å². The first-order valence-corrected chi connectivity index (χ1v) is 6.04. The van der Waals surface area contributed by atoms with E-state index in [1.165, 1.54) is 0 Å². The fraction of sp³-hybridized carbons (Fsp3) is 0.267. The maximum absolute atomic E-state index is 5.44. The van der Waals surface area contributed by atoms with Crippen molar-refractivity contribution in [2.75, 3.05) is 28.4 Å². The molecule has 0 radical (unpaired) electrons. The third kappa shape index (κ3) is 2.61. The molecule has 1 heterocycles. The maximum Gasteiger partial charge on any atom is 0.212 e. The van der Waals surface area contributed by atoms with E-state index in [2.05, 4.69) is 4.98 Å². The Morgan fingerprint density at radius 2 is 1.65 bits per heavy atom. The summed E-state index contributed by atoms with van der Waals surface area (Å²) < 4.78 is 21.1. The lowest BCUT2D eigenvalue weighted by molar-refractivity contribution is 0.350. The molecule has 1 aromatic heterocycles. The lowest BCUT2D eigenvalue weighted by atomic mass is 10.1. The first-order valence-electron chi connectivity index (χ1n) is 6.04. The predicted molar refractivity (Wildman–Crippen MR) is 75.9 cm³/mol. The van der Waals surface area contributed by atoms with E-state index >= 15 is 0 Å². The van der Waals surface area contributed by atoms with E-state index in [1.54, 1.807) is 46.8 Å². The van der Waals surface area contributed by atoms with Gasteiger partial charge in [0.05, 0.1) is 28.4 Å². The molecule has 106 valence electrons. The molecular formula is C15H17NO4. The van der Waals surface area contributed by atoms with Gasteiger partial charge in [-0.2, -0.15) is 0 Å². The number of rotatable bonds is 5. The second-order valence-electron chi connectivity index (χ2n) is 4.00. The Morgan fingerprint density at radius 1 is 0.850 bits per heavy atom. The number of benzene rings is 1. The van der Waals surface area contributed by atoms with Crippen molar-refractivity contribution in [2.45, 2.75) is 0 Å². The summed E-state index contributed by atoms with van der Waals surface area (Å²) in [5.74, 6) is 2.49. The molecule has 5 heteroatoms. The Bertz CT molecular complexity index is 581. The Labute approximate surface area is 118 Å². The summed E-state index contributed by atoms with van der Waals surface area (Å²) in [6.07, 6.45) is 1.72. The number of nitrogens with zero attached hydrogens (tertiary/aromatic N) is 1. The monoisotopic (exact) mass is 275 g/mol. The molecule has 0 saturated heterocycles. The molecule has 0 aliphatic carbocycles. The van der Waals surface area contributed by atoms with E-state index < -0.39 is 0 Å². The largest absolute Gasteiger partial charge is 0.497 e. The van der Waals surface area contributed by atoms with E-state index in [0.717, 1.165) is 11.1 Å². The summed E-state index contributed by atoms with van der Waals surface area (Å²) in [6.45, 7) is 0. The Balaban J connectivity index is 2.57. The molecule has 0 fully saturated rings. The van der Waals surface area contributed by atoms with Crippen LogP contribution in [-0.2, 0) is 0 Å². The Morgan fingerprint density at radius 3 is 2.15 bits per heavy atom. The van der Waals surface area contributed by atoms with Gasteiger partial charge in [-0.3, -0.25) is 0 Å². The zero-order valence-corrected chi connectivity index (χ0v) is 12.0. The molecule has 0 aliphatic heterocycles. The Hall–Kier alpha value is -2.43. The highest BCUT2D eigenvalue weighted by Gasteiger charge is 2.15. The van der Waals surface area contributed by atoms with E-state index in [-0.39, 0.29) is 0 Å². The molecule has 0 N–H and O–H groups in total. The smallest absolute Gasteiger partial charge is 0.212 e. The van der Waals surface area contributed by atoms with Gasteiger partial charge >= 0.3 is 0 Å². The van der Waals surface area contributed by atoms with Crippen LogP contribution in [0, 0.1) is 0 Å². The van der Waals surface area contributed by atoms with Crippen molar-refractivity contribution in [1.82, 2.24) is 4.98 Å². The van der Waals surface area contributed by atoms with Gasteiger partial charge in [0.2, 0.25) is 5.88 Å². The average Bonchev–Trinajstić information content (AvgIpc) is 2.53. The van der Waals surface area contributed by atoms with Gasteiger partial charge in [-0.15, -0.1) is 0 Å². The number of ether oxygens (including phenoxy) is 4. The van der Waals surface area contributed by atoms with Crippen LogP contribution >= 0.6 is 0 Å². The van der Waals surface area contributed by atoms with E-state index in [9.17, 15) is 0 Å². The summed E-state index contributed by atoms with van der Waals surface area (Å²) in [4.78, 5) is 4.20. The van der Waals surface area contributed by atoms with Gasteiger partial charge in [0.15, 0.2) is 11.5 Å². The zero-order chi connectivity index (χ0) is 14.5. The highest BCUT2D eigenvalue weighted by atomic mass is 16.5. The lowest BCUT2D eigenvalue weighted by Gasteiger charge is -2.14. The quantitative estimate of drug-likeness (QED) is 0.839. The van der Waals surface area contributed by atoms with Crippen LogP contribution in [0.5, 0.6) is 23.1 Å². The molecule has 0 spiro atoms. The van der Waals surface area contributed by atoms with Crippen LogP contribution in [0.3, 0.4) is 0 Å². The molecule has 0 atom stereocenters. The fourth-order valence-electron chi connectivity index (χ4n) is 1.93. The second kappa shape index (κ2) is 6.14. The van der Waals surface area contributed by atoms with Crippen molar-refractivity contribution < 1.29 is 18.9 Å². The van der Waals surface area contributed by atoms with Gasteiger partial charge in [-0.1, -0.05) is 0 Å². The SMILES string of the molecule is COc1cc(OC)c(OC)c(-c2ccc(OC)nc2)c1. The first kappa shape index (κ1) is 14.0. The molecule has 0 bridgehead atoms. The van der Waals surface area contributed by atoms with Gasteiger partial charge in [0, 0.05) is 29.5 Å². The standard InChI is InChI=1S/C15H17NO4/c1-17-11-7-12(15(20-4)13(8-11)18-2)10-5-6-14(19-3)16-9-10/h5-9H,1-4H3. The van der Waals surface area contributed by atoms with Crippen molar-refractivity contribution in [3.63, 3.8) is 0 Å². The summed E-state index contributed by atoms with van der Waals surface area (Å²) in [7, 11) is 6.38. The molecule has 0 saturated carbocycles. The van der Waals surface area contributed by atoms with Crippen LogP contribution in [0.1, 0.15) is 0 Å². The minimum absolute atomic E-state index is 0.558. The highest BCUT2D eigenvalue weighted by molar-refractivity contribution is 5.75. The minimum atomic E-state index is 0.558. The molecule has 0 unspecified atom stereocenters. The minimum Gasteiger partial charge on any atom is -0.497 e. The molecule has 0 amide bonds. The molecule has 2 aromatic rings. The highest BCUT2D eigenvalue weighted by Crippen LogP contribution is 2.41. The lowest BCUT2D eigenvalue weighted by Crippen LogP contribution is -1.96. The predicted octanol–water partition coefficient (Wildman–Crippen LogP) is 2.78. The van der Waals surface area contributed by atoms with Gasteiger partial charge < -0.3 is 18.9 Å². The summed E-state index contributed by atoms with van der Waals surface area (Å²) in [5.41, 5.74) is 1.73. The topological polar surface area (TPSA) is 49.8 Å². The Kier molecular flexibility index (Phi) is 4.30. The molecule has 20 heavy (non-hydrogen) atoms. The van der Waals surface area contributed by atoms with E-state index in [1.807, 2.05) is 12.1 Å². The van der Waals surface area contributed by atoms with Gasteiger partial charge in [-0.05, 0) is 12.1 Å². The van der Waals surface area contributed by atoms with Crippen LogP contribution in [0.2, 0.25) is 0 Å². The third-order valence-corrected chi connectivity index (χ3v) is 2.94. The summed E-state index contributed by atoms with van der Waals surface area (Å²) in [6, 6.07) is 7.35. The van der Waals surface area contributed by atoms with Crippen LogP contribution in [0.15, 0.2) is 30.5 Å². The number of methoxy groups -OCH3 is 4. The molecule has 1 aromatic carbocycles.